The molecule has 9 nitrogen and oxygen atoms in total. The maximum absolute atomic E-state index is 13.8. The third-order valence-electron chi connectivity index (χ3n) is 6.89. The van der Waals surface area contributed by atoms with Crippen LogP contribution in [-0.2, 0) is 9.59 Å². The van der Waals surface area contributed by atoms with Crippen LogP contribution in [-0.4, -0.2) is 41.4 Å². The summed E-state index contributed by atoms with van der Waals surface area (Å²) < 4.78 is 18.4. The van der Waals surface area contributed by atoms with Crippen molar-refractivity contribution in [2.45, 2.75) is 13.8 Å². The summed E-state index contributed by atoms with van der Waals surface area (Å²) >= 11 is 0. The summed E-state index contributed by atoms with van der Waals surface area (Å²) in [5.74, 6) is 0.841. The van der Waals surface area contributed by atoms with E-state index in [9.17, 15) is 9.59 Å². The molecule has 4 aromatic carbocycles. The number of nitrogens with zero attached hydrogens (tertiary/aromatic N) is 2. The summed E-state index contributed by atoms with van der Waals surface area (Å²) in [6.07, 6.45) is 5.02. The van der Waals surface area contributed by atoms with Crippen molar-refractivity contribution < 1.29 is 23.8 Å². The lowest BCUT2D eigenvalue weighted by Gasteiger charge is -2.12. The second-order valence-corrected chi connectivity index (χ2v) is 10.2. The number of rotatable bonds is 14. The van der Waals surface area contributed by atoms with Crippen molar-refractivity contribution in [3.8, 4) is 34.2 Å². The normalized spacial score (nSPS) is 10.4. The van der Waals surface area contributed by atoms with Crippen LogP contribution in [0.4, 0.5) is 11.4 Å². The molecule has 0 aliphatic carbocycles. The van der Waals surface area contributed by atoms with Crippen molar-refractivity contribution in [1.82, 2.24) is 9.78 Å². The predicted octanol–water partition coefficient (Wildman–Crippen LogP) is 7.56. The molecular weight excluding hydrogens is 592 g/mol. The van der Waals surface area contributed by atoms with Crippen LogP contribution in [0.3, 0.4) is 0 Å². The Morgan fingerprint density at radius 3 is 1.74 bits per heavy atom. The van der Waals surface area contributed by atoms with E-state index in [4.69, 9.17) is 19.3 Å². The zero-order valence-electron chi connectivity index (χ0n) is 26.3. The van der Waals surface area contributed by atoms with Crippen LogP contribution < -0.4 is 24.8 Å². The van der Waals surface area contributed by atoms with Gasteiger partial charge in [-0.25, -0.2) is 4.68 Å². The number of anilines is 2. The molecule has 9 heteroatoms. The third-order valence-corrected chi connectivity index (χ3v) is 6.89. The molecule has 0 atom stereocenters. The summed E-state index contributed by atoms with van der Waals surface area (Å²) in [7, 11) is 0. The maximum Gasteiger partial charge on any atom is 0.261 e. The molecule has 1 aromatic heterocycles. The molecule has 0 radical (unpaired) electrons. The minimum absolute atomic E-state index is 0.118. The first-order valence-corrected chi connectivity index (χ1v) is 15.3. The fourth-order valence-corrected chi connectivity index (χ4v) is 4.68. The average Bonchev–Trinajstić information content (AvgIpc) is 3.53. The average molecular weight is 629 g/mol. The maximum atomic E-state index is 13.8. The van der Waals surface area contributed by atoms with Crippen LogP contribution in [0.5, 0.6) is 17.2 Å². The zero-order chi connectivity index (χ0) is 33.0. The monoisotopic (exact) mass is 628 g/mol. The SMILES string of the molecule is C=CCOc1ccc(-c2nn(-c3ccccc3)cc2C=C(C(=O)Nc2ccc(OCC)cc2)C(=O)Nc2ccc(OCC)cc2)cc1. The number of carbonyl (C=O) groups excluding carboxylic acids is 2. The van der Waals surface area contributed by atoms with Gasteiger partial charge in [-0.15, -0.1) is 0 Å². The summed E-state index contributed by atoms with van der Waals surface area (Å²) in [4.78, 5) is 27.6. The van der Waals surface area contributed by atoms with Crippen LogP contribution >= 0.6 is 0 Å². The molecule has 5 aromatic rings. The van der Waals surface area contributed by atoms with Gasteiger partial charge in [0.1, 0.15) is 29.4 Å². The Morgan fingerprint density at radius 2 is 1.23 bits per heavy atom. The molecular formula is C38H36N4O5. The van der Waals surface area contributed by atoms with E-state index in [1.807, 2.05) is 68.4 Å². The van der Waals surface area contributed by atoms with Crippen molar-refractivity contribution in [1.29, 1.82) is 0 Å². The molecule has 0 aliphatic rings. The highest BCUT2D eigenvalue weighted by atomic mass is 16.5. The Hall–Kier alpha value is -6.09. The largest absolute Gasteiger partial charge is 0.494 e. The molecule has 0 aliphatic heterocycles. The van der Waals surface area contributed by atoms with Crippen molar-refractivity contribution in [2.24, 2.45) is 0 Å². The van der Waals surface area contributed by atoms with E-state index in [2.05, 4.69) is 17.2 Å². The Bertz CT molecular complexity index is 1760. The molecule has 0 bridgehead atoms. The van der Waals surface area contributed by atoms with E-state index in [-0.39, 0.29) is 5.57 Å². The van der Waals surface area contributed by atoms with Gasteiger partial charge < -0.3 is 24.8 Å². The van der Waals surface area contributed by atoms with E-state index < -0.39 is 11.8 Å². The fraction of sp³-hybridized carbons (Fsp3) is 0.132. The highest BCUT2D eigenvalue weighted by Crippen LogP contribution is 2.29. The van der Waals surface area contributed by atoms with E-state index in [0.717, 1.165) is 11.3 Å². The van der Waals surface area contributed by atoms with Gasteiger partial charge in [0.2, 0.25) is 0 Å². The third kappa shape index (κ3) is 8.55. The number of nitrogens with one attached hydrogen (secondary N) is 2. The second kappa shape index (κ2) is 15.8. The van der Waals surface area contributed by atoms with E-state index in [0.29, 0.717) is 59.7 Å². The van der Waals surface area contributed by atoms with Gasteiger partial charge >= 0.3 is 0 Å². The lowest BCUT2D eigenvalue weighted by Crippen LogP contribution is -2.25. The highest BCUT2D eigenvalue weighted by molar-refractivity contribution is 6.29. The number of benzene rings is 4. The van der Waals surface area contributed by atoms with Crippen molar-refractivity contribution >= 4 is 29.3 Å². The Labute approximate surface area is 274 Å². The summed E-state index contributed by atoms with van der Waals surface area (Å²) in [5, 5.41) is 10.6. The molecule has 0 fully saturated rings. The van der Waals surface area contributed by atoms with E-state index >= 15 is 0 Å². The van der Waals surface area contributed by atoms with Gasteiger partial charge in [0.25, 0.3) is 11.8 Å². The molecule has 0 saturated heterocycles. The number of carbonyl (C=O) groups is 2. The van der Waals surface area contributed by atoms with Gasteiger partial charge in [-0.3, -0.25) is 9.59 Å². The molecule has 0 saturated carbocycles. The first-order chi connectivity index (χ1) is 23.0. The Kier molecular flexibility index (Phi) is 10.8. The lowest BCUT2D eigenvalue weighted by atomic mass is 10.0. The number of hydrogen-bond donors (Lipinski definition) is 2. The standard InChI is InChI=1S/C38H36N4O5/c1-4-24-47-34-18-12-27(13-19-34)36-28(26-42(41-36)31-10-8-7-9-11-31)25-35(37(43)39-29-14-20-32(21-15-29)45-5-2)38(44)40-30-16-22-33(23-17-30)46-6-3/h4,7-23,25-26H,1,5-6,24H2,2-3H3,(H,39,43)(H,40,44). The van der Waals surface area contributed by atoms with Gasteiger partial charge in [-0.2, -0.15) is 5.10 Å². The second-order valence-electron chi connectivity index (χ2n) is 10.2. The van der Waals surface area contributed by atoms with Crippen molar-refractivity contribution in [3.05, 3.63) is 133 Å². The first-order valence-electron chi connectivity index (χ1n) is 15.3. The van der Waals surface area contributed by atoms with Gasteiger partial charge in [0.05, 0.1) is 24.6 Å². The Balaban J connectivity index is 1.55. The van der Waals surface area contributed by atoms with Crippen LogP contribution in [0, 0.1) is 0 Å². The lowest BCUT2D eigenvalue weighted by molar-refractivity contribution is -0.118. The number of ether oxygens (including phenoxy) is 3. The molecule has 0 spiro atoms. The smallest absolute Gasteiger partial charge is 0.261 e. The van der Waals surface area contributed by atoms with Crippen molar-refractivity contribution in [2.75, 3.05) is 30.5 Å². The van der Waals surface area contributed by atoms with Crippen molar-refractivity contribution in [3.63, 3.8) is 0 Å². The number of amides is 2. The minimum Gasteiger partial charge on any atom is -0.494 e. The fourth-order valence-electron chi connectivity index (χ4n) is 4.68. The van der Waals surface area contributed by atoms with Gasteiger partial charge in [0.15, 0.2) is 0 Å². The first kappa shape index (κ1) is 32.3. The molecule has 238 valence electrons. The minimum atomic E-state index is -0.593. The van der Waals surface area contributed by atoms with Crippen LogP contribution in [0.2, 0.25) is 0 Å². The predicted molar refractivity (Wildman–Crippen MR) is 185 cm³/mol. The molecule has 47 heavy (non-hydrogen) atoms. The quantitative estimate of drug-likeness (QED) is 0.0569. The molecule has 5 rings (SSSR count). The van der Waals surface area contributed by atoms with E-state index in [1.165, 1.54) is 0 Å². The van der Waals surface area contributed by atoms with Gasteiger partial charge in [-0.1, -0.05) is 30.9 Å². The number of aromatic nitrogens is 2. The van der Waals surface area contributed by atoms with E-state index in [1.54, 1.807) is 71.6 Å². The molecule has 1 heterocycles. The van der Waals surface area contributed by atoms with Crippen LogP contribution in [0.25, 0.3) is 23.0 Å². The summed E-state index contributed by atoms with van der Waals surface area (Å²) in [6, 6.07) is 31.0. The van der Waals surface area contributed by atoms with Gasteiger partial charge in [0, 0.05) is 28.7 Å². The topological polar surface area (TPSA) is 104 Å². The van der Waals surface area contributed by atoms with Gasteiger partial charge in [-0.05, 0) is 105 Å². The van der Waals surface area contributed by atoms with Crippen LogP contribution in [0.15, 0.2) is 128 Å². The summed E-state index contributed by atoms with van der Waals surface area (Å²) in [5.41, 5.74) is 3.62. The Morgan fingerprint density at radius 1 is 0.723 bits per heavy atom. The molecule has 2 amide bonds. The molecule has 2 N–H and O–H groups in total. The molecule has 0 unspecified atom stereocenters. The zero-order valence-corrected chi connectivity index (χ0v) is 26.3. The number of hydrogen-bond acceptors (Lipinski definition) is 6. The highest BCUT2D eigenvalue weighted by Gasteiger charge is 2.22. The van der Waals surface area contributed by atoms with Crippen LogP contribution in [0.1, 0.15) is 19.4 Å². The summed E-state index contributed by atoms with van der Waals surface area (Å²) in [6.45, 7) is 8.91. The number of para-hydroxylation sites is 1.